The summed E-state index contributed by atoms with van der Waals surface area (Å²) in [6, 6.07) is 2.94. The first-order valence-corrected chi connectivity index (χ1v) is 6.14. The maximum Gasteiger partial charge on any atom is 0.315 e. The summed E-state index contributed by atoms with van der Waals surface area (Å²) >= 11 is 0. The van der Waals surface area contributed by atoms with Crippen LogP contribution in [0.1, 0.15) is 45.4 Å². The molecule has 106 valence electrons. The Morgan fingerprint density at radius 2 is 2.16 bits per heavy atom. The van der Waals surface area contributed by atoms with E-state index in [0.717, 1.165) is 0 Å². The number of urea groups is 1. The number of carboxylic acids is 1. The van der Waals surface area contributed by atoms with Gasteiger partial charge in [-0.3, -0.25) is 4.79 Å². The Kier molecular flexibility index (Phi) is 4.97. The van der Waals surface area contributed by atoms with E-state index in [1.165, 1.54) is 0 Å². The summed E-state index contributed by atoms with van der Waals surface area (Å²) in [4.78, 5) is 22.3. The second kappa shape index (κ2) is 6.26. The van der Waals surface area contributed by atoms with Gasteiger partial charge in [0, 0.05) is 12.0 Å². The van der Waals surface area contributed by atoms with Crippen LogP contribution in [0.4, 0.5) is 4.79 Å². The van der Waals surface area contributed by atoms with Crippen LogP contribution in [0.5, 0.6) is 0 Å². The van der Waals surface area contributed by atoms with Gasteiger partial charge in [0.15, 0.2) is 0 Å². The Morgan fingerprint density at radius 3 is 2.68 bits per heavy atom. The number of nitrogens with one attached hydrogen (secondary N) is 2. The van der Waals surface area contributed by atoms with E-state index in [4.69, 9.17) is 9.52 Å². The molecule has 1 rings (SSSR count). The van der Waals surface area contributed by atoms with Crippen LogP contribution in [0.3, 0.4) is 0 Å². The summed E-state index contributed by atoms with van der Waals surface area (Å²) in [7, 11) is 0. The van der Waals surface area contributed by atoms with Crippen LogP contribution in [0, 0.1) is 0 Å². The van der Waals surface area contributed by atoms with E-state index >= 15 is 0 Å². The van der Waals surface area contributed by atoms with Crippen LogP contribution in [0.15, 0.2) is 22.8 Å². The highest BCUT2D eigenvalue weighted by atomic mass is 16.4. The van der Waals surface area contributed by atoms with Crippen molar-refractivity contribution in [1.29, 1.82) is 0 Å². The summed E-state index contributed by atoms with van der Waals surface area (Å²) in [5.74, 6) is -0.210. The molecular weight excluding hydrogens is 248 g/mol. The smallest absolute Gasteiger partial charge is 0.315 e. The van der Waals surface area contributed by atoms with E-state index in [9.17, 15) is 9.59 Å². The number of aliphatic carboxylic acids is 1. The molecule has 19 heavy (non-hydrogen) atoms. The fourth-order valence-electron chi connectivity index (χ4n) is 1.63. The number of amides is 2. The van der Waals surface area contributed by atoms with Crippen molar-refractivity contribution in [3.05, 3.63) is 24.2 Å². The molecule has 0 spiro atoms. The number of rotatable bonds is 6. The second-order valence-corrected chi connectivity index (χ2v) is 5.11. The minimum atomic E-state index is -0.876. The predicted molar refractivity (Wildman–Crippen MR) is 69.7 cm³/mol. The van der Waals surface area contributed by atoms with E-state index < -0.39 is 11.5 Å². The van der Waals surface area contributed by atoms with E-state index in [-0.39, 0.29) is 18.5 Å². The standard InChI is InChI=1S/C13H20N2O4/c1-9(10-5-4-8-19-10)14-12(18)15-13(2,3)7-6-11(16)17/h4-5,8-9H,6-7H2,1-3H3,(H,16,17)(H2,14,15,18). The van der Waals surface area contributed by atoms with Crippen molar-refractivity contribution in [3.8, 4) is 0 Å². The van der Waals surface area contributed by atoms with Crippen molar-refractivity contribution < 1.29 is 19.1 Å². The highest BCUT2D eigenvalue weighted by molar-refractivity contribution is 5.75. The monoisotopic (exact) mass is 268 g/mol. The zero-order valence-electron chi connectivity index (χ0n) is 11.4. The number of hydrogen-bond donors (Lipinski definition) is 3. The molecule has 0 aromatic carbocycles. The predicted octanol–water partition coefficient (Wildman–Crippen LogP) is 2.28. The van der Waals surface area contributed by atoms with Gasteiger partial charge >= 0.3 is 12.0 Å². The Bertz CT molecular complexity index is 426. The third kappa shape index (κ3) is 5.46. The van der Waals surface area contributed by atoms with Crippen LogP contribution in [0.25, 0.3) is 0 Å². The molecule has 0 aliphatic heterocycles. The number of carbonyl (C=O) groups is 2. The molecule has 1 aromatic rings. The van der Waals surface area contributed by atoms with Crippen LogP contribution < -0.4 is 10.6 Å². The van der Waals surface area contributed by atoms with Gasteiger partial charge in [0.2, 0.25) is 0 Å². The van der Waals surface area contributed by atoms with E-state index in [1.807, 2.05) is 6.92 Å². The fourth-order valence-corrected chi connectivity index (χ4v) is 1.63. The highest BCUT2D eigenvalue weighted by Gasteiger charge is 2.22. The molecule has 1 heterocycles. The van der Waals surface area contributed by atoms with Gasteiger partial charge in [-0.15, -0.1) is 0 Å². The zero-order valence-corrected chi connectivity index (χ0v) is 11.4. The minimum absolute atomic E-state index is 0.0149. The van der Waals surface area contributed by atoms with E-state index in [2.05, 4.69) is 10.6 Å². The minimum Gasteiger partial charge on any atom is -0.481 e. The highest BCUT2D eigenvalue weighted by Crippen LogP contribution is 2.14. The Morgan fingerprint density at radius 1 is 1.47 bits per heavy atom. The molecule has 0 fully saturated rings. The quantitative estimate of drug-likeness (QED) is 0.738. The molecule has 0 aliphatic carbocycles. The van der Waals surface area contributed by atoms with Crippen molar-refractivity contribution in [2.45, 2.75) is 45.2 Å². The molecule has 2 amide bonds. The Hall–Kier alpha value is -1.98. The Labute approximate surface area is 112 Å². The van der Waals surface area contributed by atoms with Crippen molar-refractivity contribution in [2.75, 3.05) is 0 Å². The molecule has 0 saturated carbocycles. The molecule has 0 radical (unpaired) electrons. The fraction of sp³-hybridized carbons (Fsp3) is 0.538. The molecular formula is C13H20N2O4. The number of carbonyl (C=O) groups excluding carboxylic acids is 1. The largest absolute Gasteiger partial charge is 0.481 e. The zero-order chi connectivity index (χ0) is 14.5. The lowest BCUT2D eigenvalue weighted by molar-refractivity contribution is -0.137. The van der Waals surface area contributed by atoms with E-state index in [0.29, 0.717) is 12.2 Å². The molecule has 1 aromatic heterocycles. The average Bonchev–Trinajstić information content (AvgIpc) is 2.79. The van der Waals surface area contributed by atoms with Gasteiger partial charge < -0.3 is 20.2 Å². The molecule has 0 aliphatic rings. The summed E-state index contributed by atoms with van der Waals surface area (Å²) in [5, 5.41) is 14.1. The normalized spacial score (nSPS) is 12.8. The molecule has 6 nitrogen and oxygen atoms in total. The summed E-state index contributed by atoms with van der Waals surface area (Å²) < 4.78 is 5.19. The maximum atomic E-state index is 11.8. The molecule has 0 saturated heterocycles. The van der Waals surface area contributed by atoms with Gasteiger partial charge in [0.25, 0.3) is 0 Å². The SMILES string of the molecule is CC(NC(=O)NC(C)(C)CCC(=O)O)c1ccco1. The third-order valence-corrected chi connectivity index (χ3v) is 2.73. The van der Waals surface area contributed by atoms with Gasteiger partial charge in [0.05, 0.1) is 12.3 Å². The summed E-state index contributed by atoms with van der Waals surface area (Å²) in [6.45, 7) is 5.38. The molecule has 0 bridgehead atoms. The second-order valence-electron chi connectivity index (χ2n) is 5.11. The first-order chi connectivity index (χ1) is 8.80. The van der Waals surface area contributed by atoms with Gasteiger partial charge in [-0.2, -0.15) is 0 Å². The van der Waals surface area contributed by atoms with Crippen molar-refractivity contribution >= 4 is 12.0 Å². The van der Waals surface area contributed by atoms with Gasteiger partial charge in [-0.25, -0.2) is 4.79 Å². The van der Waals surface area contributed by atoms with Crippen molar-refractivity contribution in [1.82, 2.24) is 10.6 Å². The molecule has 6 heteroatoms. The lowest BCUT2D eigenvalue weighted by Crippen LogP contribution is -2.49. The number of hydrogen-bond acceptors (Lipinski definition) is 3. The van der Waals surface area contributed by atoms with Gasteiger partial charge in [-0.1, -0.05) is 0 Å². The third-order valence-electron chi connectivity index (χ3n) is 2.73. The van der Waals surface area contributed by atoms with Crippen molar-refractivity contribution in [2.24, 2.45) is 0 Å². The van der Waals surface area contributed by atoms with Crippen LogP contribution in [0.2, 0.25) is 0 Å². The Balaban J connectivity index is 2.43. The number of carboxylic acid groups (broad SMARTS) is 1. The average molecular weight is 268 g/mol. The van der Waals surface area contributed by atoms with Gasteiger partial charge in [-0.05, 0) is 39.3 Å². The first-order valence-electron chi connectivity index (χ1n) is 6.14. The lowest BCUT2D eigenvalue weighted by atomic mass is 9.99. The molecule has 3 N–H and O–H groups in total. The van der Waals surface area contributed by atoms with Crippen molar-refractivity contribution in [3.63, 3.8) is 0 Å². The summed E-state index contributed by atoms with van der Waals surface area (Å²) in [6.07, 6.45) is 1.92. The summed E-state index contributed by atoms with van der Waals surface area (Å²) in [5.41, 5.74) is -0.578. The molecule has 1 unspecified atom stereocenters. The topological polar surface area (TPSA) is 91.6 Å². The van der Waals surface area contributed by atoms with Gasteiger partial charge in [0.1, 0.15) is 5.76 Å². The molecule has 1 atom stereocenters. The first kappa shape index (κ1) is 15.1. The van der Waals surface area contributed by atoms with Crippen LogP contribution in [-0.4, -0.2) is 22.6 Å². The number of furan rings is 1. The lowest BCUT2D eigenvalue weighted by Gasteiger charge is -2.26. The maximum absolute atomic E-state index is 11.8. The van der Waals surface area contributed by atoms with E-state index in [1.54, 1.807) is 32.2 Å². The van der Waals surface area contributed by atoms with Crippen LogP contribution >= 0.6 is 0 Å². The van der Waals surface area contributed by atoms with Crippen LogP contribution in [-0.2, 0) is 4.79 Å².